The Bertz CT molecular complexity index is 689. The van der Waals surface area contributed by atoms with Crippen molar-refractivity contribution in [3.63, 3.8) is 0 Å². The van der Waals surface area contributed by atoms with Gasteiger partial charge < -0.3 is 5.32 Å². The van der Waals surface area contributed by atoms with E-state index in [4.69, 9.17) is 0 Å². The van der Waals surface area contributed by atoms with Crippen LogP contribution < -0.4 is 5.32 Å². The molecular formula is C18H22F3N3O2. The summed E-state index contributed by atoms with van der Waals surface area (Å²) >= 11 is 0. The number of hydrogen-bond acceptors (Lipinski definition) is 3. The highest BCUT2D eigenvalue weighted by Crippen LogP contribution is 2.38. The fourth-order valence-electron chi connectivity index (χ4n) is 2.74. The molecule has 0 unspecified atom stereocenters. The van der Waals surface area contributed by atoms with E-state index in [-0.39, 0.29) is 18.8 Å². The normalized spacial score (nSPS) is 20.3. The summed E-state index contributed by atoms with van der Waals surface area (Å²) in [4.78, 5) is 29.5. The van der Waals surface area contributed by atoms with E-state index in [9.17, 15) is 22.8 Å². The second-order valence-corrected chi connectivity index (χ2v) is 6.12. The van der Waals surface area contributed by atoms with Gasteiger partial charge in [0.1, 0.15) is 5.84 Å². The third-order valence-electron chi connectivity index (χ3n) is 4.05. The van der Waals surface area contributed by atoms with Crippen molar-refractivity contribution < 1.29 is 22.8 Å². The molecule has 0 aromatic heterocycles. The van der Waals surface area contributed by atoms with Crippen molar-refractivity contribution in [1.29, 1.82) is 0 Å². The minimum Gasteiger partial charge on any atom is -0.316 e. The SMILES string of the molecule is CCCCC(=O)N[C@@]1(C(F)(F)F)N=C(c2ccccc2)N(CCC)C1=O. The number of aliphatic imine (C=N–C) groups is 1. The summed E-state index contributed by atoms with van der Waals surface area (Å²) in [5.41, 5.74) is -2.87. The second kappa shape index (κ2) is 7.88. The van der Waals surface area contributed by atoms with E-state index in [1.807, 2.05) is 12.2 Å². The monoisotopic (exact) mass is 369 g/mol. The van der Waals surface area contributed by atoms with Gasteiger partial charge >= 0.3 is 11.8 Å². The van der Waals surface area contributed by atoms with Crippen LogP contribution in [-0.2, 0) is 9.59 Å². The van der Waals surface area contributed by atoms with Crippen molar-refractivity contribution in [3.05, 3.63) is 35.9 Å². The number of amides is 2. The van der Waals surface area contributed by atoms with Gasteiger partial charge in [0.25, 0.3) is 5.91 Å². The first kappa shape index (κ1) is 19.9. The van der Waals surface area contributed by atoms with E-state index >= 15 is 0 Å². The first-order valence-electron chi connectivity index (χ1n) is 8.61. The molecule has 2 amide bonds. The molecule has 0 fully saturated rings. The van der Waals surface area contributed by atoms with E-state index in [0.29, 0.717) is 24.8 Å². The van der Waals surface area contributed by atoms with Crippen molar-refractivity contribution in [2.45, 2.75) is 51.4 Å². The lowest BCUT2D eigenvalue weighted by Gasteiger charge is -2.29. The summed E-state index contributed by atoms with van der Waals surface area (Å²) < 4.78 is 41.6. The molecule has 1 aromatic rings. The van der Waals surface area contributed by atoms with Crippen LogP contribution in [0, 0.1) is 0 Å². The molecule has 1 heterocycles. The fourth-order valence-corrected chi connectivity index (χ4v) is 2.74. The van der Waals surface area contributed by atoms with Gasteiger partial charge in [-0.1, -0.05) is 50.6 Å². The van der Waals surface area contributed by atoms with Gasteiger partial charge in [-0.25, -0.2) is 4.99 Å². The molecule has 0 saturated heterocycles. The molecule has 0 spiro atoms. The third-order valence-corrected chi connectivity index (χ3v) is 4.05. The molecule has 26 heavy (non-hydrogen) atoms. The molecule has 142 valence electrons. The maximum atomic E-state index is 13.9. The van der Waals surface area contributed by atoms with Crippen LogP contribution >= 0.6 is 0 Å². The molecule has 5 nitrogen and oxygen atoms in total. The first-order valence-corrected chi connectivity index (χ1v) is 8.61. The molecule has 0 saturated carbocycles. The maximum absolute atomic E-state index is 13.9. The van der Waals surface area contributed by atoms with E-state index in [0.717, 1.165) is 4.90 Å². The van der Waals surface area contributed by atoms with Crippen LogP contribution in [0.5, 0.6) is 0 Å². The summed E-state index contributed by atoms with van der Waals surface area (Å²) in [6.07, 6.45) is -3.60. The number of rotatable bonds is 7. The Labute approximate surface area is 150 Å². The van der Waals surface area contributed by atoms with Gasteiger partial charge in [-0.2, -0.15) is 13.2 Å². The Morgan fingerprint density at radius 3 is 2.38 bits per heavy atom. The molecule has 1 aliphatic heterocycles. The number of halogens is 3. The summed E-state index contributed by atoms with van der Waals surface area (Å²) in [6.45, 7) is 3.65. The lowest BCUT2D eigenvalue weighted by molar-refractivity contribution is -0.200. The van der Waals surface area contributed by atoms with E-state index in [1.54, 1.807) is 37.3 Å². The van der Waals surface area contributed by atoms with Gasteiger partial charge in [-0.05, 0) is 12.8 Å². The van der Waals surface area contributed by atoms with Crippen molar-refractivity contribution in [2.24, 2.45) is 4.99 Å². The summed E-state index contributed by atoms with van der Waals surface area (Å²) in [6, 6.07) is 8.19. The van der Waals surface area contributed by atoms with Crippen molar-refractivity contribution >= 4 is 17.6 Å². The molecule has 1 aliphatic rings. The highest BCUT2D eigenvalue weighted by molar-refractivity contribution is 6.16. The zero-order chi connectivity index (χ0) is 19.4. The van der Waals surface area contributed by atoms with Crippen LogP contribution in [0.15, 0.2) is 35.3 Å². The minimum absolute atomic E-state index is 0.0782. The molecule has 2 rings (SSSR count). The number of alkyl halides is 3. The Kier molecular flexibility index (Phi) is 6.05. The Morgan fingerprint density at radius 2 is 1.85 bits per heavy atom. The predicted octanol–water partition coefficient (Wildman–Crippen LogP) is 3.25. The number of nitrogens with one attached hydrogen (secondary N) is 1. The number of carbonyl (C=O) groups excluding carboxylic acids is 2. The molecule has 1 aromatic carbocycles. The van der Waals surface area contributed by atoms with Crippen LogP contribution in [0.1, 0.15) is 45.1 Å². The van der Waals surface area contributed by atoms with E-state index < -0.39 is 23.7 Å². The van der Waals surface area contributed by atoms with Gasteiger partial charge in [0.15, 0.2) is 0 Å². The highest BCUT2D eigenvalue weighted by atomic mass is 19.4. The zero-order valence-electron chi connectivity index (χ0n) is 14.8. The summed E-state index contributed by atoms with van der Waals surface area (Å²) in [5.74, 6) is -2.19. The van der Waals surface area contributed by atoms with Gasteiger partial charge in [0.2, 0.25) is 5.91 Å². The van der Waals surface area contributed by atoms with Crippen LogP contribution in [0.4, 0.5) is 13.2 Å². The average molecular weight is 369 g/mol. The molecule has 1 atom stereocenters. The van der Waals surface area contributed by atoms with Crippen molar-refractivity contribution in [1.82, 2.24) is 10.2 Å². The number of carbonyl (C=O) groups is 2. The van der Waals surface area contributed by atoms with Crippen LogP contribution in [0.3, 0.4) is 0 Å². The summed E-state index contributed by atoms with van der Waals surface area (Å²) in [5, 5.41) is 1.86. The van der Waals surface area contributed by atoms with Gasteiger partial charge in [-0.3, -0.25) is 14.5 Å². The van der Waals surface area contributed by atoms with Crippen LogP contribution in [-0.4, -0.2) is 40.9 Å². The molecule has 8 heteroatoms. The Balaban J connectivity index is 2.50. The molecule has 1 N–H and O–H groups in total. The largest absolute Gasteiger partial charge is 0.442 e. The standard InChI is InChI=1S/C18H22F3N3O2/c1-3-5-11-14(25)22-17(18(19,20)21)16(26)24(12-4-2)15(23-17)13-9-7-6-8-10-13/h6-10H,3-5,11-12H2,1-2H3,(H,22,25)/t17-/m1/s1. The Hall–Kier alpha value is -2.38. The third kappa shape index (κ3) is 3.73. The predicted molar refractivity (Wildman–Crippen MR) is 91.4 cm³/mol. The molecular weight excluding hydrogens is 347 g/mol. The van der Waals surface area contributed by atoms with Crippen LogP contribution in [0.25, 0.3) is 0 Å². The van der Waals surface area contributed by atoms with Crippen molar-refractivity contribution in [3.8, 4) is 0 Å². The van der Waals surface area contributed by atoms with Gasteiger partial charge in [-0.15, -0.1) is 0 Å². The van der Waals surface area contributed by atoms with Crippen molar-refractivity contribution in [2.75, 3.05) is 6.54 Å². The highest BCUT2D eigenvalue weighted by Gasteiger charge is 2.66. The zero-order valence-corrected chi connectivity index (χ0v) is 14.8. The maximum Gasteiger partial charge on any atom is 0.442 e. The number of nitrogens with zero attached hydrogens (tertiary/aromatic N) is 2. The minimum atomic E-state index is -5.05. The number of benzene rings is 1. The topological polar surface area (TPSA) is 61.8 Å². The quantitative estimate of drug-likeness (QED) is 0.802. The van der Waals surface area contributed by atoms with Gasteiger partial charge in [0, 0.05) is 18.5 Å². The first-order chi connectivity index (χ1) is 12.3. The number of unbranched alkanes of at least 4 members (excludes halogenated alkanes) is 1. The summed E-state index contributed by atoms with van der Waals surface area (Å²) in [7, 11) is 0. The molecule has 0 bridgehead atoms. The Morgan fingerprint density at radius 1 is 1.19 bits per heavy atom. The van der Waals surface area contributed by atoms with E-state index in [2.05, 4.69) is 4.99 Å². The lowest BCUT2D eigenvalue weighted by atomic mass is 10.1. The lowest BCUT2D eigenvalue weighted by Crippen LogP contribution is -2.63. The molecule has 0 radical (unpaired) electrons. The fraction of sp³-hybridized carbons (Fsp3) is 0.500. The second-order valence-electron chi connectivity index (χ2n) is 6.12. The molecule has 0 aliphatic carbocycles. The smallest absolute Gasteiger partial charge is 0.316 e. The number of hydrogen-bond donors (Lipinski definition) is 1. The average Bonchev–Trinajstić information content (AvgIpc) is 2.88. The number of amidine groups is 1. The van der Waals surface area contributed by atoms with Gasteiger partial charge in [0.05, 0.1) is 0 Å². The van der Waals surface area contributed by atoms with E-state index in [1.165, 1.54) is 0 Å². The van der Waals surface area contributed by atoms with Crippen LogP contribution in [0.2, 0.25) is 0 Å².